The summed E-state index contributed by atoms with van der Waals surface area (Å²) in [5.41, 5.74) is 5.42. The molecule has 1 rings (SSSR count). The number of pyridine rings is 1. The lowest BCUT2D eigenvalue weighted by atomic mass is 10.3. The maximum absolute atomic E-state index is 7.03. The van der Waals surface area contributed by atoms with Crippen molar-refractivity contribution in [1.29, 1.82) is 5.41 Å². The van der Waals surface area contributed by atoms with E-state index in [1.54, 1.807) is 0 Å². The van der Waals surface area contributed by atoms with E-state index in [-0.39, 0.29) is 23.9 Å². The van der Waals surface area contributed by atoms with E-state index in [9.17, 15) is 0 Å². The lowest BCUT2D eigenvalue weighted by Gasteiger charge is -1.99. The Morgan fingerprint density at radius 3 is 2.50 bits per heavy atom. The number of amidine groups is 1. The highest BCUT2D eigenvalue weighted by atomic mass is 35.5. The minimum Gasteiger partial charge on any atom is -0.382 e. The number of aromatic nitrogens is 1. The Kier molecular flexibility index (Phi) is 4.31. The number of nitrogens with zero attached hydrogens (tertiary/aromatic N) is 1. The van der Waals surface area contributed by atoms with Crippen LogP contribution in [0, 0.1) is 5.41 Å². The van der Waals surface area contributed by atoms with Crippen LogP contribution in [-0.4, -0.2) is 10.8 Å². The highest BCUT2D eigenvalue weighted by Gasteiger charge is 2.04. The maximum Gasteiger partial charge on any atom is 0.143 e. The molecule has 3 nitrogen and oxygen atoms in total. The van der Waals surface area contributed by atoms with Crippen LogP contribution in [-0.2, 0) is 0 Å². The molecule has 0 aromatic carbocycles. The van der Waals surface area contributed by atoms with Crippen molar-refractivity contribution in [2.24, 2.45) is 5.73 Å². The maximum atomic E-state index is 7.03. The van der Waals surface area contributed by atoms with Gasteiger partial charge in [0.1, 0.15) is 11.5 Å². The fourth-order valence-electron chi connectivity index (χ4n) is 0.613. The van der Waals surface area contributed by atoms with Crippen LogP contribution in [0.25, 0.3) is 0 Å². The molecule has 0 bridgehead atoms. The second-order valence-corrected chi connectivity index (χ2v) is 2.74. The molecule has 0 fully saturated rings. The smallest absolute Gasteiger partial charge is 0.143 e. The zero-order chi connectivity index (χ0) is 8.43. The lowest BCUT2D eigenvalue weighted by Crippen LogP contribution is -2.13. The largest absolute Gasteiger partial charge is 0.382 e. The van der Waals surface area contributed by atoms with Gasteiger partial charge in [-0.2, -0.15) is 0 Å². The quantitative estimate of drug-likeness (QED) is 0.569. The van der Waals surface area contributed by atoms with Crippen LogP contribution in [0.2, 0.25) is 10.0 Å². The molecule has 0 spiro atoms. The molecule has 0 aliphatic rings. The second kappa shape index (κ2) is 4.50. The van der Waals surface area contributed by atoms with E-state index < -0.39 is 0 Å². The SMILES string of the molecule is Cl.N=C(N)c1ncc(Cl)cc1Cl. The number of nitrogens with two attached hydrogens (primary N) is 1. The van der Waals surface area contributed by atoms with Gasteiger partial charge in [-0.05, 0) is 6.07 Å². The number of hydrogen-bond donors (Lipinski definition) is 2. The number of rotatable bonds is 1. The Hall–Kier alpha value is -0.510. The van der Waals surface area contributed by atoms with E-state index in [2.05, 4.69) is 4.98 Å². The van der Waals surface area contributed by atoms with Crippen LogP contribution < -0.4 is 5.73 Å². The van der Waals surface area contributed by atoms with Crippen molar-refractivity contribution < 1.29 is 0 Å². The van der Waals surface area contributed by atoms with Gasteiger partial charge < -0.3 is 5.73 Å². The first-order chi connectivity index (χ1) is 5.11. The Bertz CT molecular complexity index is 300. The highest BCUT2D eigenvalue weighted by Crippen LogP contribution is 2.17. The number of nitrogens with one attached hydrogen (secondary N) is 1. The van der Waals surface area contributed by atoms with Gasteiger partial charge in [0, 0.05) is 6.20 Å². The summed E-state index contributed by atoms with van der Waals surface area (Å²) in [6.45, 7) is 0. The lowest BCUT2D eigenvalue weighted by molar-refractivity contribution is 1.26. The molecular weight excluding hydrogens is 220 g/mol. The molecule has 6 heteroatoms. The first kappa shape index (κ1) is 11.5. The third-order valence-corrected chi connectivity index (χ3v) is 1.56. The van der Waals surface area contributed by atoms with Crippen molar-refractivity contribution in [2.75, 3.05) is 0 Å². The second-order valence-electron chi connectivity index (χ2n) is 1.90. The summed E-state index contributed by atoms with van der Waals surface area (Å²) in [6.07, 6.45) is 1.39. The first-order valence-electron chi connectivity index (χ1n) is 2.76. The van der Waals surface area contributed by atoms with Crippen LogP contribution in [0.3, 0.4) is 0 Å². The molecule has 1 aromatic rings. The highest BCUT2D eigenvalue weighted by molar-refractivity contribution is 6.36. The molecule has 0 unspecified atom stereocenters. The topological polar surface area (TPSA) is 62.8 Å². The molecule has 0 saturated carbocycles. The molecule has 0 saturated heterocycles. The van der Waals surface area contributed by atoms with Crippen molar-refractivity contribution in [3.8, 4) is 0 Å². The van der Waals surface area contributed by atoms with Gasteiger partial charge in [0.05, 0.1) is 10.0 Å². The van der Waals surface area contributed by atoms with E-state index in [0.29, 0.717) is 10.0 Å². The number of halogens is 3. The summed E-state index contributed by atoms with van der Waals surface area (Å²) < 4.78 is 0. The zero-order valence-corrected chi connectivity index (χ0v) is 8.17. The van der Waals surface area contributed by atoms with Gasteiger partial charge in [0.25, 0.3) is 0 Å². The Balaban J connectivity index is 0.00000121. The van der Waals surface area contributed by atoms with Crippen LogP contribution in [0.1, 0.15) is 5.69 Å². The summed E-state index contributed by atoms with van der Waals surface area (Å²) in [4.78, 5) is 3.76. The molecule has 0 aliphatic carbocycles. The monoisotopic (exact) mass is 225 g/mol. The minimum atomic E-state index is -0.160. The summed E-state index contributed by atoms with van der Waals surface area (Å²) >= 11 is 11.2. The van der Waals surface area contributed by atoms with Crippen LogP contribution in [0.5, 0.6) is 0 Å². The average Bonchev–Trinajstić information content (AvgIpc) is 1.85. The van der Waals surface area contributed by atoms with E-state index >= 15 is 0 Å². The molecule has 0 radical (unpaired) electrons. The van der Waals surface area contributed by atoms with Gasteiger partial charge in [0.15, 0.2) is 0 Å². The van der Waals surface area contributed by atoms with Gasteiger partial charge in [-0.1, -0.05) is 23.2 Å². The third-order valence-electron chi connectivity index (χ3n) is 1.06. The van der Waals surface area contributed by atoms with E-state index in [0.717, 1.165) is 0 Å². The van der Waals surface area contributed by atoms with Crippen molar-refractivity contribution in [3.63, 3.8) is 0 Å². The van der Waals surface area contributed by atoms with Gasteiger partial charge in [-0.25, -0.2) is 4.98 Å². The Morgan fingerprint density at radius 2 is 2.08 bits per heavy atom. The van der Waals surface area contributed by atoms with Gasteiger partial charge in [0.2, 0.25) is 0 Å². The Labute approximate surface area is 85.8 Å². The van der Waals surface area contributed by atoms with E-state index in [1.165, 1.54) is 12.3 Å². The van der Waals surface area contributed by atoms with Crippen LogP contribution in [0.15, 0.2) is 12.3 Å². The first-order valence-corrected chi connectivity index (χ1v) is 3.52. The Morgan fingerprint density at radius 1 is 1.50 bits per heavy atom. The summed E-state index contributed by atoms with van der Waals surface area (Å²) in [6, 6.07) is 1.49. The molecule has 1 aromatic heterocycles. The number of nitrogen functional groups attached to an aromatic ring is 1. The standard InChI is InChI=1S/C6H5Cl2N3.ClH/c7-3-1-4(8)5(6(9)10)11-2-3;/h1-2H,(H3,9,10);1H. The summed E-state index contributed by atoms with van der Waals surface area (Å²) in [5, 5.41) is 7.76. The van der Waals surface area contributed by atoms with Gasteiger partial charge in [-0.15, -0.1) is 12.4 Å². The molecular formula is C6H6Cl3N3. The molecule has 0 aliphatic heterocycles. The normalized spacial score (nSPS) is 8.83. The van der Waals surface area contributed by atoms with Crippen LogP contribution >= 0.6 is 35.6 Å². The van der Waals surface area contributed by atoms with Crippen molar-refractivity contribution >= 4 is 41.4 Å². The van der Waals surface area contributed by atoms with E-state index in [1.807, 2.05) is 0 Å². The number of hydrogen-bond acceptors (Lipinski definition) is 2. The fraction of sp³-hybridized carbons (Fsp3) is 0. The van der Waals surface area contributed by atoms with E-state index in [4.69, 9.17) is 34.3 Å². The van der Waals surface area contributed by atoms with Gasteiger partial charge >= 0.3 is 0 Å². The molecule has 66 valence electrons. The minimum absolute atomic E-state index is 0. The molecule has 0 amide bonds. The molecule has 12 heavy (non-hydrogen) atoms. The molecule has 1 heterocycles. The van der Waals surface area contributed by atoms with Crippen LogP contribution in [0.4, 0.5) is 0 Å². The molecule has 3 N–H and O–H groups in total. The van der Waals surface area contributed by atoms with Gasteiger partial charge in [-0.3, -0.25) is 5.41 Å². The van der Waals surface area contributed by atoms with Crippen molar-refractivity contribution in [1.82, 2.24) is 4.98 Å². The zero-order valence-electron chi connectivity index (χ0n) is 5.84. The summed E-state index contributed by atoms with van der Waals surface area (Å²) in [7, 11) is 0. The summed E-state index contributed by atoms with van der Waals surface area (Å²) in [5.74, 6) is -0.160. The van der Waals surface area contributed by atoms with Crippen molar-refractivity contribution in [2.45, 2.75) is 0 Å². The molecule has 0 atom stereocenters. The fourth-order valence-corrected chi connectivity index (χ4v) is 1.09. The predicted octanol–water partition coefficient (Wildman–Crippen LogP) is 2.09. The third kappa shape index (κ3) is 2.52. The average molecular weight is 226 g/mol. The predicted molar refractivity (Wildman–Crippen MR) is 52.5 cm³/mol. The van der Waals surface area contributed by atoms with Crippen molar-refractivity contribution in [3.05, 3.63) is 28.0 Å².